The summed E-state index contributed by atoms with van der Waals surface area (Å²) < 4.78 is 5.69. The lowest BCUT2D eigenvalue weighted by molar-refractivity contribution is 0.0938. The maximum Gasteiger partial charge on any atom is 0.255 e. The number of para-hydroxylation sites is 1. The minimum atomic E-state index is -0.106. The Morgan fingerprint density at radius 2 is 1.80 bits per heavy atom. The molecule has 25 heavy (non-hydrogen) atoms. The van der Waals surface area contributed by atoms with Crippen molar-refractivity contribution in [2.75, 3.05) is 27.2 Å². The second-order valence-electron chi connectivity index (χ2n) is 6.44. The van der Waals surface area contributed by atoms with E-state index in [0.717, 1.165) is 6.42 Å². The van der Waals surface area contributed by atoms with E-state index in [1.54, 1.807) is 6.07 Å². The molecule has 0 aliphatic carbocycles. The first-order valence-electron chi connectivity index (χ1n) is 8.76. The van der Waals surface area contributed by atoms with Crippen LogP contribution in [0.4, 0.5) is 0 Å². The average molecular weight is 340 g/mol. The number of ether oxygens (including phenoxy) is 1. The van der Waals surface area contributed by atoms with Crippen LogP contribution in [0.2, 0.25) is 0 Å². The monoisotopic (exact) mass is 340 g/mol. The number of aryl methyl sites for hydroxylation is 1. The largest absolute Gasteiger partial charge is 0.493 e. The van der Waals surface area contributed by atoms with Crippen LogP contribution in [0.5, 0.6) is 5.75 Å². The van der Waals surface area contributed by atoms with Crippen molar-refractivity contribution in [2.45, 2.75) is 26.3 Å². The maximum atomic E-state index is 12.6. The summed E-state index contributed by atoms with van der Waals surface area (Å²) in [6.07, 6.45) is 0.909. The molecule has 0 spiro atoms. The molecule has 0 heterocycles. The average Bonchev–Trinajstić information content (AvgIpc) is 2.61. The SMILES string of the molecule is CCCOc1ccccc1C(=O)NC[C@H](c1ccc(C)cc1)N(C)C. The van der Waals surface area contributed by atoms with Crippen LogP contribution in [0.15, 0.2) is 48.5 Å². The minimum Gasteiger partial charge on any atom is -0.493 e. The maximum absolute atomic E-state index is 12.6. The predicted octanol–water partition coefficient (Wildman–Crippen LogP) is 3.82. The molecular weight excluding hydrogens is 312 g/mol. The molecule has 0 aliphatic rings. The van der Waals surface area contributed by atoms with Crippen LogP contribution in [-0.4, -0.2) is 38.1 Å². The number of nitrogens with zero attached hydrogens (tertiary/aromatic N) is 1. The van der Waals surface area contributed by atoms with Crippen LogP contribution >= 0.6 is 0 Å². The number of hydrogen-bond donors (Lipinski definition) is 1. The molecule has 1 N–H and O–H groups in total. The van der Waals surface area contributed by atoms with E-state index in [-0.39, 0.29) is 11.9 Å². The highest BCUT2D eigenvalue weighted by atomic mass is 16.5. The van der Waals surface area contributed by atoms with Gasteiger partial charge in [-0.2, -0.15) is 0 Å². The number of benzene rings is 2. The molecule has 1 atom stereocenters. The van der Waals surface area contributed by atoms with Crippen molar-refractivity contribution >= 4 is 5.91 Å². The highest BCUT2D eigenvalue weighted by Crippen LogP contribution is 2.20. The summed E-state index contributed by atoms with van der Waals surface area (Å²) in [4.78, 5) is 14.7. The van der Waals surface area contributed by atoms with E-state index >= 15 is 0 Å². The van der Waals surface area contributed by atoms with Gasteiger partial charge < -0.3 is 15.0 Å². The van der Waals surface area contributed by atoms with Crippen molar-refractivity contribution in [3.63, 3.8) is 0 Å². The third-order valence-electron chi connectivity index (χ3n) is 4.13. The van der Waals surface area contributed by atoms with E-state index in [9.17, 15) is 4.79 Å². The van der Waals surface area contributed by atoms with Crippen LogP contribution in [-0.2, 0) is 0 Å². The normalized spacial score (nSPS) is 12.0. The van der Waals surface area contributed by atoms with Crippen molar-refractivity contribution in [3.8, 4) is 5.75 Å². The molecule has 0 unspecified atom stereocenters. The Labute approximate surface area is 150 Å². The Morgan fingerprint density at radius 3 is 2.44 bits per heavy atom. The number of carbonyl (C=O) groups is 1. The Hall–Kier alpha value is -2.33. The minimum absolute atomic E-state index is 0.106. The molecule has 0 saturated carbocycles. The van der Waals surface area contributed by atoms with Gasteiger partial charge in [-0.25, -0.2) is 0 Å². The number of hydrogen-bond acceptors (Lipinski definition) is 3. The fourth-order valence-corrected chi connectivity index (χ4v) is 2.66. The lowest BCUT2D eigenvalue weighted by atomic mass is 10.0. The fourth-order valence-electron chi connectivity index (χ4n) is 2.66. The summed E-state index contributed by atoms with van der Waals surface area (Å²) in [5.41, 5.74) is 3.00. The second-order valence-corrected chi connectivity index (χ2v) is 6.44. The van der Waals surface area contributed by atoms with Gasteiger partial charge >= 0.3 is 0 Å². The molecule has 2 aromatic rings. The first-order chi connectivity index (χ1) is 12.0. The van der Waals surface area contributed by atoms with Gasteiger partial charge in [0.1, 0.15) is 5.75 Å². The number of rotatable bonds is 8. The fraction of sp³-hybridized carbons (Fsp3) is 0.381. The molecule has 2 rings (SSSR count). The van der Waals surface area contributed by atoms with Crippen molar-refractivity contribution in [1.29, 1.82) is 0 Å². The van der Waals surface area contributed by atoms with E-state index in [0.29, 0.717) is 24.5 Å². The Kier molecular flexibility index (Phi) is 7.02. The summed E-state index contributed by atoms with van der Waals surface area (Å²) in [6, 6.07) is 15.9. The first kappa shape index (κ1) is 19.0. The van der Waals surface area contributed by atoms with Crippen LogP contribution in [0.3, 0.4) is 0 Å². The van der Waals surface area contributed by atoms with Crippen LogP contribution in [0, 0.1) is 6.92 Å². The van der Waals surface area contributed by atoms with Gasteiger partial charge in [0.05, 0.1) is 18.2 Å². The summed E-state index contributed by atoms with van der Waals surface area (Å²) in [6.45, 7) is 5.26. The molecule has 0 fully saturated rings. The lowest BCUT2D eigenvalue weighted by Gasteiger charge is -2.25. The van der Waals surface area contributed by atoms with E-state index in [1.807, 2.05) is 39.2 Å². The number of likely N-dealkylation sites (N-methyl/N-ethyl adjacent to an activating group) is 1. The van der Waals surface area contributed by atoms with Crippen molar-refractivity contribution < 1.29 is 9.53 Å². The van der Waals surface area contributed by atoms with E-state index < -0.39 is 0 Å². The van der Waals surface area contributed by atoms with Gasteiger partial charge in [-0.1, -0.05) is 48.9 Å². The zero-order chi connectivity index (χ0) is 18.2. The van der Waals surface area contributed by atoms with Gasteiger partial charge in [0.2, 0.25) is 0 Å². The summed E-state index contributed by atoms with van der Waals surface area (Å²) in [5.74, 6) is 0.532. The van der Waals surface area contributed by atoms with Gasteiger partial charge in [0.25, 0.3) is 5.91 Å². The summed E-state index contributed by atoms with van der Waals surface area (Å²) >= 11 is 0. The molecule has 0 bridgehead atoms. The molecule has 134 valence electrons. The quantitative estimate of drug-likeness (QED) is 0.794. The Bertz CT molecular complexity index is 681. The number of amides is 1. The molecule has 0 aliphatic heterocycles. The summed E-state index contributed by atoms with van der Waals surface area (Å²) in [7, 11) is 4.05. The number of nitrogens with one attached hydrogen (secondary N) is 1. The molecule has 2 aromatic carbocycles. The van der Waals surface area contributed by atoms with Crippen LogP contribution < -0.4 is 10.1 Å². The van der Waals surface area contributed by atoms with Crippen LogP contribution in [0.25, 0.3) is 0 Å². The molecule has 4 heteroatoms. The molecule has 1 amide bonds. The van der Waals surface area contributed by atoms with E-state index in [4.69, 9.17) is 4.74 Å². The van der Waals surface area contributed by atoms with Gasteiger partial charge in [0.15, 0.2) is 0 Å². The topological polar surface area (TPSA) is 41.6 Å². The van der Waals surface area contributed by atoms with Crippen molar-refractivity contribution in [3.05, 3.63) is 65.2 Å². The zero-order valence-electron chi connectivity index (χ0n) is 15.6. The number of carbonyl (C=O) groups excluding carboxylic acids is 1. The second kappa shape index (κ2) is 9.23. The first-order valence-corrected chi connectivity index (χ1v) is 8.76. The van der Waals surface area contributed by atoms with Crippen LogP contribution in [0.1, 0.15) is 40.9 Å². The van der Waals surface area contributed by atoms with Gasteiger partial charge in [-0.15, -0.1) is 0 Å². The predicted molar refractivity (Wildman–Crippen MR) is 102 cm³/mol. The van der Waals surface area contributed by atoms with Crippen molar-refractivity contribution in [1.82, 2.24) is 10.2 Å². The highest BCUT2D eigenvalue weighted by molar-refractivity contribution is 5.96. The van der Waals surface area contributed by atoms with Crippen molar-refractivity contribution in [2.24, 2.45) is 0 Å². The third-order valence-corrected chi connectivity index (χ3v) is 4.13. The van der Waals surface area contributed by atoms with Gasteiger partial charge in [0, 0.05) is 6.54 Å². The molecule has 4 nitrogen and oxygen atoms in total. The molecule has 0 aromatic heterocycles. The smallest absolute Gasteiger partial charge is 0.255 e. The Balaban J connectivity index is 2.08. The van der Waals surface area contributed by atoms with E-state index in [1.165, 1.54) is 11.1 Å². The molecule has 0 radical (unpaired) electrons. The van der Waals surface area contributed by atoms with E-state index in [2.05, 4.69) is 41.4 Å². The lowest BCUT2D eigenvalue weighted by Crippen LogP contribution is -2.34. The highest BCUT2D eigenvalue weighted by Gasteiger charge is 2.17. The summed E-state index contributed by atoms with van der Waals surface area (Å²) in [5, 5.41) is 3.05. The van der Waals surface area contributed by atoms with Gasteiger partial charge in [-0.05, 0) is 45.1 Å². The zero-order valence-corrected chi connectivity index (χ0v) is 15.6. The standard InChI is InChI=1S/C21H28N2O2/c1-5-14-25-20-9-7-6-8-18(20)21(24)22-15-19(23(3)4)17-12-10-16(2)11-13-17/h6-13,19H,5,14-15H2,1-4H3,(H,22,24)/t19-/m1/s1. The molecule has 0 saturated heterocycles. The Morgan fingerprint density at radius 1 is 1.12 bits per heavy atom. The van der Waals surface area contributed by atoms with Gasteiger partial charge in [-0.3, -0.25) is 4.79 Å². The molecular formula is C21H28N2O2. The third kappa shape index (κ3) is 5.33.